The van der Waals surface area contributed by atoms with Crippen LogP contribution in [0, 0.1) is 6.92 Å². The fraction of sp³-hybridized carbons (Fsp3) is 0.200. The van der Waals surface area contributed by atoms with Crippen molar-refractivity contribution in [3.63, 3.8) is 0 Å². The molecule has 0 saturated heterocycles. The molecule has 0 unspecified atom stereocenters. The summed E-state index contributed by atoms with van der Waals surface area (Å²) >= 11 is 4.72. The topological polar surface area (TPSA) is 60.9 Å². The van der Waals surface area contributed by atoms with Crippen LogP contribution >= 0.6 is 27.3 Å². The minimum atomic E-state index is -0.0953. The van der Waals surface area contributed by atoms with Crippen molar-refractivity contribution in [2.75, 3.05) is 5.73 Å². The van der Waals surface area contributed by atoms with Gasteiger partial charge < -0.3 is 10.3 Å². The van der Waals surface area contributed by atoms with Gasteiger partial charge in [0.25, 0.3) is 5.56 Å². The monoisotopic (exact) mass is 299 g/mol. The Labute approximate surface area is 105 Å². The van der Waals surface area contributed by atoms with Gasteiger partial charge in [-0.2, -0.15) is 0 Å². The van der Waals surface area contributed by atoms with Crippen LogP contribution in [0.2, 0.25) is 0 Å². The molecule has 0 saturated carbocycles. The molecule has 0 aliphatic rings. The lowest BCUT2D eigenvalue weighted by Gasteiger charge is -2.05. The van der Waals surface area contributed by atoms with E-state index in [-0.39, 0.29) is 5.56 Å². The predicted octanol–water partition coefficient (Wildman–Crippen LogP) is 2.01. The third-order valence-electron chi connectivity index (χ3n) is 2.04. The Hall–Kier alpha value is -1.14. The highest BCUT2D eigenvalue weighted by Gasteiger charge is 2.05. The maximum Gasteiger partial charge on any atom is 0.265 e. The summed E-state index contributed by atoms with van der Waals surface area (Å²) in [4.78, 5) is 16.1. The summed E-state index contributed by atoms with van der Waals surface area (Å²) in [5.41, 5.74) is 7.11. The first kappa shape index (κ1) is 11.3. The van der Waals surface area contributed by atoms with E-state index in [0.717, 1.165) is 10.7 Å². The van der Waals surface area contributed by atoms with Gasteiger partial charge in [-0.05, 0) is 28.9 Å². The van der Waals surface area contributed by atoms with Gasteiger partial charge >= 0.3 is 0 Å². The number of hydrogen-bond acceptors (Lipinski definition) is 4. The summed E-state index contributed by atoms with van der Waals surface area (Å²) in [5.74, 6) is 0. The lowest BCUT2D eigenvalue weighted by Crippen LogP contribution is -2.21. The van der Waals surface area contributed by atoms with E-state index in [1.165, 1.54) is 11.3 Å². The van der Waals surface area contributed by atoms with Crippen LogP contribution in [0.5, 0.6) is 0 Å². The summed E-state index contributed by atoms with van der Waals surface area (Å²) in [6.07, 6.45) is 1.63. The molecular formula is C10H10BrN3OS. The first-order valence-electron chi connectivity index (χ1n) is 4.63. The van der Waals surface area contributed by atoms with Gasteiger partial charge in [0, 0.05) is 23.0 Å². The Balaban J connectivity index is 2.38. The third kappa shape index (κ3) is 2.33. The molecular weight excluding hydrogens is 290 g/mol. The molecule has 0 atom stereocenters. The molecule has 0 aliphatic heterocycles. The number of anilines is 1. The van der Waals surface area contributed by atoms with Crippen LogP contribution in [0.4, 0.5) is 5.69 Å². The van der Waals surface area contributed by atoms with E-state index in [1.807, 2.05) is 12.3 Å². The highest BCUT2D eigenvalue weighted by Crippen LogP contribution is 2.12. The van der Waals surface area contributed by atoms with Crippen LogP contribution in [-0.2, 0) is 6.54 Å². The van der Waals surface area contributed by atoms with Crippen molar-refractivity contribution in [1.29, 1.82) is 0 Å². The van der Waals surface area contributed by atoms with Crippen LogP contribution in [-0.4, -0.2) is 9.55 Å². The summed E-state index contributed by atoms with van der Waals surface area (Å²) in [6.45, 7) is 2.39. The first-order chi connectivity index (χ1) is 7.56. The SMILES string of the molecule is Cc1csc(Cn2cc(N)cc(Br)c2=O)n1. The van der Waals surface area contributed by atoms with E-state index in [2.05, 4.69) is 20.9 Å². The van der Waals surface area contributed by atoms with Crippen LogP contribution < -0.4 is 11.3 Å². The number of halogens is 1. The number of pyridine rings is 1. The lowest BCUT2D eigenvalue weighted by atomic mass is 10.4. The minimum Gasteiger partial charge on any atom is -0.398 e. The van der Waals surface area contributed by atoms with Crippen LogP contribution in [0.15, 0.2) is 26.9 Å². The Morgan fingerprint density at radius 1 is 1.62 bits per heavy atom. The van der Waals surface area contributed by atoms with E-state index in [4.69, 9.17) is 5.73 Å². The van der Waals surface area contributed by atoms with Gasteiger partial charge in [-0.1, -0.05) is 0 Å². The van der Waals surface area contributed by atoms with Crippen LogP contribution in [0.1, 0.15) is 10.7 Å². The quantitative estimate of drug-likeness (QED) is 0.923. The predicted molar refractivity (Wildman–Crippen MR) is 68.8 cm³/mol. The normalized spacial score (nSPS) is 10.6. The number of aromatic nitrogens is 2. The fourth-order valence-electron chi connectivity index (χ4n) is 1.36. The van der Waals surface area contributed by atoms with Gasteiger partial charge in [-0.15, -0.1) is 11.3 Å². The molecule has 2 N–H and O–H groups in total. The van der Waals surface area contributed by atoms with Gasteiger partial charge in [0.15, 0.2) is 0 Å². The van der Waals surface area contributed by atoms with E-state index < -0.39 is 0 Å². The van der Waals surface area contributed by atoms with Crippen LogP contribution in [0.25, 0.3) is 0 Å². The highest BCUT2D eigenvalue weighted by molar-refractivity contribution is 9.10. The standard InChI is InChI=1S/C10H10BrN3OS/c1-6-5-16-9(13-6)4-14-3-7(12)2-8(11)10(14)15/h2-3,5H,4,12H2,1H3. The van der Waals surface area contributed by atoms with E-state index in [0.29, 0.717) is 16.7 Å². The molecule has 0 spiro atoms. The Morgan fingerprint density at radius 3 is 3.00 bits per heavy atom. The number of nitrogens with two attached hydrogens (primary N) is 1. The van der Waals surface area contributed by atoms with Crippen molar-refractivity contribution in [3.05, 3.63) is 43.2 Å². The average molecular weight is 300 g/mol. The largest absolute Gasteiger partial charge is 0.398 e. The number of nitrogen functional groups attached to an aromatic ring is 1. The first-order valence-corrected chi connectivity index (χ1v) is 6.30. The average Bonchev–Trinajstić information content (AvgIpc) is 2.60. The zero-order valence-electron chi connectivity index (χ0n) is 8.61. The molecule has 2 aromatic heterocycles. The van der Waals surface area contributed by atoms with Gasteiger partial charge in [-0.25, -0.2) is 4.98 Å². The molecule has 0 radical (unpaired) electrons. The number of hydrogen-bond donors (Lipinski definition) is 1. The molecule has 6 heteroatoms. The second-order valence-corrected chi connectivity index (χ2v) is 5.23. The summed E-state index contributed by atoms with van der Waals surface area (Å²) < 4.78 is 2.03. The number of nitrogens with zero attached hydrogens (tertiary/aromatic N) is 2. The molecule has 4 nitrogen and oxygen atoms in total. The molecule has 2 heterocycles. The second kappa shape index (κ2) is 4.39. The lowest BCUT2D eigenvalue weighted by molar-refractivity contribution is 0.750. The minimum absolute atomic E-state index is 0.0953. The van der Waals surface area contributed by atoms with Crippen molar-refractivity contribution in [1.82, 2.24) is 9.55 Å². The maximum atomic E-state index is 11.8. The van der Waals surface area contributed by atoms with Gasteiger partial charge in [0.05, 0.1) is 11.0 Å². The van der Waals surface area contributed by atoms with Gasteiger partial charge in [0.1, 0.15) is 5.01 Å². The van der Waals surface area contributed by atoms with Crippen molar-refractivity contribution >= 4 is 33.0 Å². The van der Waals surface area contributed by atoms with E-state index >= 15 is 0 Å². The summed E-state index contributed by atoms with van der Waals surface area (Å²) in [6, 6.07) is 1.60. The smallest absolute Gasteiger partial charge is 0.265 e. The second-order valence-electron chi connectivity index (χ2n) is 3.44. The molecule has 84 valence electrons. The zero-order valence-corrected chi connectivity index (χ0v) is 11.0. The molecule has 0 fully saturated rings. The number of aryl methyl sites for hydroxylation is 1. The molecule has 16 heavy (non-hydrogen) atoms. The fourth-order valence-corrected chi connectivity index (χ4v) is 2.62. The molecule has 2 rings (SSSR count). The molecule has 0 amide bonds. The highest BCUT2D eigenvalue weighted by atomic mass is 79.9. The van der Waals surface area contributed by atoms with E-state index in [9.17, 15) is 4.79 Å². The molecule has 0 aromatic carbocycles. The Kier molecular flexibility index (Phi) is 3.11. The van der Waals surface area contributed by atoms with Crippen molar-refractivity contribution < 1.29 is 0 Å². The summed E-state index contributed by atoms with van der Waals surface area (Å²) in [7, 11) is 0. The molecule has 2 aromatic rings. The maximum absolute atomic E-state index is 11.8. The van der Waals surface area contributed by atoms with Gasteiger partial charge in [-0.3, -0.25) is 4.79 Å². The summed E-state index contributed by atoms with van der Waals surface area (Å²) in [5, 5.41) is 2.86. The Morgan fingerprint density at radius 2 is 2.38 bits per heavy atom. The Bertz CT molecular complexity index is 576. The van der Waals surface area contributed by atoms with Crippen molar-refractivity contribution in [2.45, 2.75) is 13.5 Å². The zero-order chi connectivity index (χ0) is 11.7. The number of rotatable bonds is 2. The van der Waals surface area contributed by atoms with Crippen LogP contribution in [0.3, 0.4) is 0 Å². The number of thiazole rings is 1. The van der Waals surface area contributed by atoms with E-state index in [1.54, 1.807) is 16.8 Å². The molecule has 0 aliphatic carbocycles. The molecule has 0 bridgehead atoms. The van der Waals surface area contributed by atoms with Crippen molar-refractivity contribution in [3.8, 4) is 0 Å². The van der Waals surface area contributed by atoms with Crippen molar-refractivity contribution in [2.24, 2.45) is 0 Å². The third-order valence-corrected chi connectivity index (χ3v) is 3.56. The van der Waals surface area contributed by atoms with Gasteiger partial charge in [0.2, 0.25) is 0 Å².